The van der Waals surface area contributed by atoms with Crippen LogP contribution in [0.15, 0.2) is 0 Å². The van der Waals surface area contributed by atoms with Crippen LogP contribution in [0.1, 0.15) is 19.0 Å². The van der Waals surface area contributed by atoms with Crippen molar-refractivity contribution in [1.82, 2.24) is 14.7 Å². The second kappa shape index (κ2) is 4.88. The van der Waals surface area contributed by atoms with E-state index in [1.165, 1.54) is 0 Å². The van der Waals surface area contributed by atoms with E-state index in [9.17, 15) is 4.79 Å². The van der Waals surface area contributed by atoms with E-state index in [4.69, 9.17) is 5.73 Å². The van der Waals surface area contributed by atoms with Crippen molar-refractivity contribution < 1.29 is 4.79 Å². The number of anilines is 2. The van der Waals surface area contributed by atoms with Gasteiger partial charge in [0.15, 0.2) is 5.82 Å². The summed E-state index contributed by atoms with van der Waals surface area (Å²) in [6, 6.07) is 0. The van der Waals surface area contributed by atoms with E-state index in [2.05, 4.69) is 5.10 Å². The minimum atomic E-state index is 0.131. The maximum atomic E-state index is 11.9. The van der Waals surface area contributed by atoms with E-state index >= 15 is 0 Å². The molecule has 1 aliphatic heterocycles. The molecular formula is C12H21N5O. The van der Waals surface area contributed by atoms with Crippen molar-refractivity contribution in [2.45, 2.75) is 19.8 Å². The van der Waals surface area contributed by atoms with Gasteiger partial charge in [0.1, 0.15) is 0 Å². The van der Waals surface area contributed by atoms with Gasteiger partial charge in [-0.1, -0.05) is 6.92 Å². The van der Waals surface area contributed by atoms with Crippen molar-refractivity contribution in [3.8, 4) is 0 Å². The van der Waals surface area contributed by atoms with Gasteiger partial charge in [-0.3, -0.25) is 9.48 Å². The number of aromatic nitrogens is 2. The Morgan fingerprint density at radius 1 is 1.33 bits per heavy atom. The molecule has 1 amide bonds. The van der Waals surface area contributed by atoms with Gasteiger partial charge in [0, 0.05) is 27.2 Å². The van der Waals surface area contributed by atoms with E-state index < -0.39 is 0 Å². The maximum Gasteiger partial charge on any atom is 0.241 e. The molecule has 18 heavy (non-hydrogen) atoms. The minimum absolute atomic E-state index is 0.131. The summed E-state index contributed by atoms with van der Waals surface area (Å²) in [6.07, 6.45) is 1.76. The molecular weight excluding hydrogens is 230 g/mol. The normalized spacial score (nSPS) is 17.2. The molecule has 0 bridgehead atoms. The molecule has 0 aliphatic carbocycles. The van der Waals surface area contributed by atoms with Crippen LogP contribution in [0, 0.1) is 0 Å². The van der Waals surface area contributed by atoms with Crippen molar-refractivity contribution in [2.75, 3.05) is 37.3 Å². The van der Waals surface area contributed by atoms with Gasteiger partial charge in [-0.2, -0.15) is 5.10 Å². The summed E-state index contributed by atoms with van der Waals surface area (Å²) >= 11 is 0. The lowest BCUT2D eigenvalue weighted by Gasteiger charge is -2.22. The number of nitrogen functional groups attached to an aromatic ring is 1. The number of hydrogen-bond acceptors (Lipinski definition) is 4. The first-order valence-electron chi connectivity index (χ1n) is 6.34. The van der Waals surface area contributed by atoms with Crippen molar-refractivity contribution in [3.63, 3.8) is 0 Å². The van der Waals surface area contributed by atoms with Gasteiger partial charge in [-0.25, -0.2) is 0 Å². The number of aryl methyl sites for hydroxylation is 2. The Labute approximate surface area is 107 Å². The summed E-state index contributed by atoms with van der Waals surface area (Å²) < 4.78 is 1.78. The third kappa shape index (κ3) is 2.14. The fourth-order valence-electron chi connectivity index (χ4n) is 2.39. The first-order valence-corrected chi connectivity index (χ1v) is 6.34. The molecule has 1 aliphatic rings. The summed E-state index contributed by atoms with van der Waals surface area (Å²) in [5.41, 5.74) is 7.73. The Bertz CT molecular complexity index is 454. The average molecular weight is 251 g/mol. The van der Waals surface area contributed by atoms with Crippen LogP contribution in [0.25, 0.3) is 0 Å². The van der Waals surface area contributed by atoms with Crippen molar-refractivity contribution in [3.05, 3.63) is 5.69 Å². The Morgan fingerprint density at radius 2 is 2.06 bits per heavy atom. The molecule has 0 aromatic carbocycles. The van der Waals surface area contributed by atoms with Crippen LogP contribution < -0.4 is 10.6 Å². The molecule has 0 saturated carbocycles. The van der Waals surface area contributed by atoms with Crippen LogP contribution in [0.2, 0.25) is 0 Å². The largest absolute Gasteiger partial charge is 0.394 e. The van der Waals surface area contributed by atoms with Crippen LogP contribution in [-0.2, 0) is 18.3 Å². The molecule has 1 saturated heterocycles. The van der Waals surface area contributed by atoms with Gasteiger partial charge < -0.3 is 15.5 Å². The molecule has 0 spiro atoms. The number of rotatable bonds is 2. The lowest BCUT2D eigenvalue weighted by Crippen LogP contribution is -2.35. The number of carbonyl (C=O) groups is 1. The molecule has 6 heteroatoms. The van der Waals surface area contributed by atoms with Crippen LogP contribution in [0.3, 0.4) is 0 Å². The Morgan fingerprint density at radius 3 is 2.67 bits per heavy atom. The number of hydrogen-bond donors (Lipinski definition) is 1. The van der Waals surface area contributed by atoms with Crippen molar-refractivity contribution in [1.29, 1.82) is 0 Å². The SMILES string of the molecule is CCc1nn(C)c(N2CCCN(C)C(=O)C2)c1N. The summed E-state index contributed by atoms with van der Waals surface area (Å²) in [4.78, 5) is 15.7. The molecule has 6 nitrogen and oxygen atoms in total. The first-order chi connectivity index (χ1) is 8.54. The highest BCUT2D eigenvalue weighted by atomic mass is 16.2. The standard InChI is InChI=1S/C12H21N5O/c1-4-9-11(13)12(16(3)14-9)17-7-5-6-15(2)10(18)8-17/h4-8,13H2,1-3H3. The number of likely N-dealkylation sites (N-methyl/N-ethyl adjacent to an activating group) is 1. The molecule has 2 N–H and O–H groups in total. The van der Waals surface area contributed by atoms with Crippen molar-refractivity contribution in [2.24, 2.45) is 7.05 Å². The molecule has 2 rings (SSSR count). The predicted molar refractivity (Wildman–Crippen MR) is 71.5 cm³/mol. The zero-order chi connectivity index (χ0) is 13.3. The van der Waals surface area contributed by atoms with Gasteiger partial charge in [-0.15, -0.1) is 0 Å². The lowest BCUT2D eigenvalue weighted by atomic mass is 10.3. The molecule has 0 radical (unpaired) electrons. The fraction of sp³-hybridized carbons (Fsp3) is 0.667. The van der Waals surface area contributed by atoms with Crippen LogP contribution in [0.5, 0.6) is 0 Å². The Balaban J connectivity index is 2.30. The zero-order valence-electron chi connectivity index (χ0n) is 11.3. The van der Waals surface area contributed by atoms with Gasteiger partial charge in [-0.05, 0) is 12.8 Å². The van der Waals surface area contributed by atoms with Crippen LogP contribution >= 0.6 is 0 Å². The molecule has 100 valence electrons. The molecule has 1 aromatic rings. The Kier molecular flexibility index (Phi) is 3.45. The van der Waals surface area contributed by atoms with Gasteiger partial charge in [0.2, 0.25) is 5.91 Å². The molecule has 2 heterocycles. The summed E-state index contributed by atoms with van der Waals surface area (Å²) in [7, 11) is 3.72. The van der Waals surface area contributed by atoms with Crippen LogP contribution in [0.4, 0.5) is 11.5 Å². The number of nitrogens with two attached hydrogens (primary N) is 1. The quantitative estimate of drug-likeness (QED) is 0.817. The van der Waals surface area contributed by atoms with E-state index in [-0.39, 0.29) is 5.91 Å². The summed E-state index contributed by atoms with van der Waals surface area (Å²) in [6.45, 7) is 4.05. The Hall–Kier alpha value is -1.72. The molecule has 1 aromatic heterocycles. The van der Waals surface area contributed by atoms with Gasteiger partial charge >= 0.3 is 0 Å². The smallest absolute Gasteiger partial charge is 0.241 e. The van der Waals surface area contributed by atoms with E-state index in [1.807, 2.05) is 25.9 Å². The first kappa shape index (κ1) is 12.7. The summed E-state index contributed by atoms with van der Waals surface area (Å²) in [5.74, 6) is 1.00. The highest BCUT2D eigenvalue weighted by molar-refractivity contribution is 5.83. The van der Waals surface area contributed by atoms with Crippen LogP contribution in [-0.4, -0.2) is 47.3 Å². The molecule has 0 unspecified atom stereocenters. The lowest BCUT2D eigenvalue weighted by molar-refractivity contribution is -0.127. The zero-order valence-corrected chi connectivity index (χ0v) is 11.3. The maximum absolute atomic E-state index is 11.9. The fourth-order valence-corrected chi connectivity index (χ4v) is 2.39. The summed E-state index contributed by atoms with van der Waals surface area (Å²) in [5, 5.41) is 4.40. The topological polar surface area (TPSA) is 67.4 Å². The van der Waals surface area contributed by atoms with E-state index in [0.717, 1.165) is 37.4 Å². The van der Waals surface area contributed by atoms with E-state index in [0.29, 0.717) is 12.2 Å². The molecule has 0 atom stereocenters. The highest BCUT2D eigenvalue weighted by Gasteiger charge is 2.24. The van der Waals surface area contributed by atoms with E-state index in [1.54, 1.807) is 9.58 Å². The highest BCUT2D eigenvalue weighted by Crippen LogP contribution is 2.27. The number of nitrogens with zero attached hydrogens (tertiary/aromatic N) is 4. The predicted octanol–water partition coefficient (Wildman–Crippen LogP) is 0.233. The third-order valence-corrected chi connectivity index (χ3v) is 3.44. The van der Waals surface area contributed by atoms with Gasteiger partial charge in [0.05, 0.1) is 17.9 Å². The minimum Gasteiger partial charge on any atom is -0.394 e. The second-order valence-corrected chi connectivity index (χ2v) is 4.75. The average Bonchev–Trinajstić information content (AvgIpc) is 2.51. The van der Waals surface area contributed by atoms with Gasteiger partial charge in [0.25, 0.3) is 0 Å². The number of amides is 1. The molecule has 1 fully saturated rings. The monoisotopic (exact) mass is 251 g/mol. The third-order valence-electron chi connectivity index (χ3n) is 3.44. The number of carbonyl (C=O) groups excluding carboxylic acids is 1. The van der Waals surface area contributed by atoms with Crippen molar-refractivity contribution >= 4 is 17.4 Å². The second-order valence-electron chi connectivity index (χ2n) is 4.75.